The smallest absolute Gasteiger partial charge is 0.267 e. The zero-order valence-corrected chi connectivity index (χ0v) is 10.3. The first kappa shape index (κ1) is 12.3. The Morgan fingerprint density at radius 3 is 3.00 bits per heavy atom. The summed E-state index contributed by atoms with van der Waals surface area (Å²) in [5, 5.41) is 2.82. The molecule has 0 radical (unpaired) electrons. The number of rotatable bonds is 6. The third-order valence-electron chi connectivity index (χ3n) is 1.95. The SMILES string of the molecule is COCCCCNC(=O)c1cc(Br)c[nH]1. The molecule has 1 heterocycles. The molecule has 15 heavy (non-hydrogen) atoms. The summed E-state index contributed by atoms with van der Waals surface area (Å²) in [4.78, 5) is 14.4. The van der Waals surface area contributed by atoms with Crippen LogP contribution >= 0.6 is 15.9 Å². The summed E-state index contributed by atoms with van der Waals surface area (Å²) in [7, 11) is 1.68. The van der Waals surface area contributed by atoms with Gasteiger partial charge in [-0.2, -0.15) is 0 Å². The van der Waals surface area contributed by atoms with Gasteiger partial charge in [-0.3, -0.25) is 4.79 Å². The quantitative estimate of drug-likeness (QED) is 0.779. The number of hydrogen-bond donors (Lipinski definition) is 2. The van der Waals surface area contributed by atoms with Crippen molar-refractivity contribution in [3.8, 4) is 0 Å². The average molecular weight is 275 g/mol. The first-order valence-corrected chi connectivity index (χ1v) is 5.64. The summed E-state index contributed by atoms with van der Waals surface area (Å²) < 4.78 is 5.79. The number of carbonyl (C=O) groups excluding carboxylic acids is 1. The molecule has 0 fully saturated rings. The molecule has 0 atom stereocenters. The van der Waals surface area contributed by atoms with Gasteiger partial charge in [-0.05, 0) is 34.8 Å². The summed E-state index contributed by atoms with van der Waals surface area (Å²) in [6.07, 6.45) is 3.63. The van der Waals surface area contributed by atoms with E-state index in [1.807, 2.05) is 0 Å². The molecule has 4 nitrogen and oxygen atoms in total. The fraction of sp³-hybridized carbons (Fsp3) is 0.500. The third-order valence-corrected chi connectivity index (χ3v) is 2.41. The second-order valence-electron chi connectivity index (χ2n) is 3.19. The van der Waals surface area contributed by atoms with E-state index in [4.69, 9.17) is 4.74 Å². The van der Waals surface area contributed by atoms with Gasteiger partial charge in [0.1, 0.15) is 5.69 Å². The molecule has 2 N–H and O–H groups in total. The van der Waals surface area contributed by atoms with E-state index >= 15 is 0 Å². The van der Waals surface area contributed by atoms with Gasteiger partial charge < -0.3 is 15.0 Å². The van der Waals surface area contributed by atoms with E-state index in [1.165, 1.54) is 0 Å². The van der Waals surface area contributed by atoms with Crippen molar-refractivity contribution >= 4 is 21.8 Å². The number of unbranched alkanes of at least 4 members (excludes halogenated alkanes) is 1. The van der Waals surface area contributed by atoms with Crippen molar-refractivity contribution in [3.63, 3.8) is 0 Å². The highest BCUT2D eigenvalue weighted by atomic mass is 79.9. The van der Waals surface area contributed by atoms with E-state index in [-0.39, 0.29) is 5.91 Å². The molecule has 1 aromatic rings. The molecule has 0 saturated carbocycles. The fourth-order valence-electron chi connectivity index (χ4n) is 1.17. The van der Waals surface area contributed by atoms with Crippen molar-refractivity contribution < 1.29 is 9.53 Å². The summed E-state index contributed by atoms with van der Waals surface area (Å²) >= 11 is 3.28. The number of H-pyrrole nitrogens is 1. The number of halogens is 1. The van der Waals surface area contributed by atoms with Crippen LogP contribution in [0, 0.1) is 0 Å². The fourth-order valence-corrected chi connectivity index (χ4v) is 1.51. The Hall–Kier alpha value is -0.810. The number of carbonyl (C=O) groups is 1. The van der Waals surface area contributed by atoms with Crippen LogP contribution in [-0.4, -0.2) is 31.2 Å². The van der Waals surface area contributed by atoms with Gasteiger partial charge in [0.2, 0.25) is 0 Å². The monoisotopic (exact) mass is 274 g/mol. The maximum Gasteiger partial charge on any atom is 0.267 e. The van der Waals surface area contributed by atoms with Gasteiger partial charge in [0.25, 0.3) is 5.91 Å². The Morgan fingerprint density at radius 2 is 2.40 bits per heavy atom. The number of aromatic amines is 1. The molecule has 0 bridgehead atoms. The van der Waals surface area contributed by atoms with Crippen LogP contribution in [0.3, 0.4) is 0 Å². The van der Waals surface area contributed by atoms with Crippen molar-refractivity contribution in [3.05, 3.63) is 22.4 Å². The molecule has 5 heteroatoms. The molecule has 0 unspecified atom stereocenters. The molecule has 0 aliphatic rings. The summed E-state index contributed by atoms with van der Waals surface area (Å²) in [5.74, 6) is -0.0712. The molecule has 0 aliphatic heterocycles. The van der Waals surface area contributed by atoms with E-state index in [9.17, 15) is 4.79 Å². The predicted molar refractivity (Wildman–Crippen MR) is 61.9 cm³/mol. The number of ether oxygens (including phenoxy) is 1. The molecule has 0 aromatic carbocycles. The maximum absolute atomic E-state index is 11.5. The molecule has 1 rings (SSSR count). The van der Waals surface area contributed by atoms with Gasteiger partial charge in [0.05, 0.1) is 0 Å². The first-order chi connectivity index (χ1) is 7.24. The third kappa shape index (κ3) is 4.48. The molecule has 84 valence electrons. The number of aromatic nitrogens is 1. The van der Waals surface area contributed by atoms with Gasteiger partial charge in [-0.1, -0.05) is 0 Å². The summed E-state index contributed by atoms with van der Waals surface area (Å²) in [5.41, 5.74) is 0.577. The van der Waals surface area contributed by atoms with Crippen molar-refractivity contribution in [2.75, 3.05) is 20.3 Å². The second kappa shape index (κ2) is 6.63. The lowest BCUT2D eigenvalue weighted by atomic mass is 10.3. The number of nitrogens with one attached hydrogen (secondary N) is 2. The minimum Gasteiger partial charge on any atom is -0.385 e. The molecular weight excluding hydrogens is 260 g/mol. The normalized spacial score (nSPS) is 10.3. The van der Waals surface area contributed by atoms with Crippen LogP contribution in [0.25, 0.3) is 0 Å². The zero-order chi connectivity index (χ0) is 11.1. The number of hydrogen-bond acceptors (Lipinski definition) is 2. The van der Waals surface area contributed by atoms with E-state index in [0.29, 0.717) is 12.2 Å². The topological polar surface area (TPSA) is 54.1 Å². The molecular formula is C10H15BrN2O2. The van der Waals surface area contributed by atoms with Gasteiger partial charge >= 0.3 is 0 Å². The van der Waals surface area contributed by atoms with Gasteiger partial charge in [0, 0.05) is 30.9 Å². The van der Waals surface area contributed by atoms with Crippen LogP contribution in [0.15, 0.2) is 16.7 Å². The first-order valence-electron chi connectivity index (χ1n) is 4.85. The highest BCUT2D eigenvalue weighted by Gasteiger charge is 2.06. The summed E-state index contributed by atoms with van der Waals surface area (Å²) in [6.45, 7) is 1.42. The van der Waals surface area contributed by atoms with E-state index < -0.39 is 0 Å². The highest BCUT2D eigenvalue weighted by Crippen LogP contribution is 2.10. The minimum atomic E-state index is -0.0712. The van der Waals surface area contributed by atoms with Gasteiger partial charge in [-0.15, -0.1) is 0 Å². The average Bonchev–Trinajstić information content (AvgIpc) is 2.64. The molecule has 1 amide bonds. The zero-order valence-electron chi connectivity index (χ0n) is 8.68. The lowest BCUT2D eigenvalue weighted by Gasteiger charge is -2.02. The van der Waals surface area contributed by atoms with Gasteiger partial charge in [-0.25, -0.2) is 0 Å². The maximum atomic E-state index is 11.5. The van der Waals surface area contributed by atoms with Crippen molar-refractivity contribution in [2.45, 2.75) is 12.8 Å². The van der Waals surface area contributed by atoms with Crippen LogP contribution < -0.4 is 5.32 Å². The van der Waals surface area contributed by atoms with Crippen LogP contribution in [0.4, 0.5) is 0 Å². The van der Waals surface area contributed by atoms with Gasteiger partial charge in [0.15, 0.2) is 0 Å². The largest absolute Gasteiger partial charge is 0.385 e. The van der Waals surface area contributed by atoms with Crippen molar-refractivity contribution in [2.24, 2.45) is 0 Å². The Morgan fingerprint density at radius 1 is 1.60 bits per heavy atom. The molecule has 0 spiro atoms. The summed E-state index contributed by atoms with van der Waals surface area (Å²) in [6, 6.07) is 1.75. The van der Waals surface area contributed by atoms with Crippen LogP contribution in [0.5, 0.6) is 0 Å². The van der Waals surface area contributed by atoms with Crippen LogP contribution in [0.1, 0.15) is 23.3 Å². The Bertz CT molecular complexity index is 312. The standard InChI is InChI=1S/C10H15BrN2O2/c1-15-5-3-2-4-12-10(14)9-6-8(11)7-13-9/h6-7,13H,2-5H2,1H3,(H,12,14). The van der Waals surface area contributed by atoms with Crippen LogP contribution in [-0.2, 0) is 4.74 Å². The molecule has 0 saturated heterocycles. The lowest BCUT2D eigenvalue weighted by molar-refractivity contribution is 0.0947. The number of methoxy groups -OCH3 is 1. The number of amides is 1. The minimum absolute atomic E-state index is 0.0712. The predicted octanol–water partition coefficient (Wildman–Crippen LogP) is 1.93. The van der Waals surface area contributed by atoms with Crippen LogP contribution in [0.2, 0.25) is 0 Å². The van der Waals surface area contributed by atoms with E-state index in [0.717, 1.165) is 23.9 Å². The molecule has 1 aromatic heterocycles. The van der Waals surface area contributed by atoms with E-state index in [2.05, 4.69) is 26.2 Å². The Balaban J connectivity index is 2.19. The molecule has 0 aliphatic carbocycles. The Kier molecular flexibility index (Phi) is 5.42. The Labute approximate surface area is 97.5 Å². The van der Waals surface area contributed by atoms with Crippen molar-refractivity contribution in [1.29, 1.82) is 0 Å². The second-order valence-corrected chi connectivity index (χ2v) is 4.10. The lowest BCUT2D eigenvalue weighted by Crippen LogP contribution is -2.24. The van der Waals surface area contributed by atoms with Crippen molar-refractivity contribution in [1.82, 2.24) is 10.3 Å². The highest BCUT2D eigenvalue weighted by molar-refractivity contribution is 9.10. The van der Waals surface area contributed by atoms with E-state index in [1.54, 1.807) is 19.4 Å².